The van der Waals surface area contributed by atoms with Crippen LogP contribution in [-0.4, -0.2) is 120 Å². The maximum Gasteiger partial charge on any atom is 0.408 e. The number of ether oxygens (including phenoxy) is 3. The van der Waals surface area contributed by atoms with Crippen molar-refractivity contribution in [3.63, 3.8) is 0 Å². The molecule has 2 aliphatic rings. The minimum Gasteiger partial charge on any atom is -0.444 e. The standard InChI is InChI=1S/C38H56N6O10/c1-12-13-19-23(28(46)32(48)39-20-25(45)41-26(33(49)43(10)11)22-17-15-14-16-18-22)40-31(47)27-29-24(52-38(8,9)53-29)21-44(27)34(50)30(36(2,3)4)42-35(51)54-37(5,6)7/h12,14-18,23-24,26-27,29-30H,1,13,19-21H2,2-11H3,(H,39,48)(H,40,47)(H,41,45)(H,42,51)/t23?,24-,26-,27-,29-,30+/m0/s1. The van der Waals surface area contributed by atoms with Gasteiger partial charge in [-0.05, 0) is 58.4 Å². The molecule has 1 unspecified atom stereocenters. The highest BCUT2D eigenvalue weighted by atomic mass is 16.8. The van der Waals surface area contributed by atoms with Crippen molar-refractivity contribution < 1.29 is 47.8 Å². The van der Waals surface area contributed by atoms with E-state index in [2.05, 4.69) is 27.8 Å². The number of amides is 6. The van der Waals surface area contributed by atoms with Crippen LogP contribution in [-0.2, 0) is 43.0 Å². The highest BCUT2D eigenvalue weighted by Crippen LogP contribution is 2.38. The molecular weight excluding hydrogens is 700 g/mol. The number of hydrogen-bond acceptors (Lipinski definition) is 10. The highest BCUT2D eigenvalue weighted by Gasteiger charge is 2.58. The molecule has 2 saturated heterocycles. The van der Waals surface area contributed by atoms with Gasteiger partial charge in [0.1, 0.15) is 35.9 Å². The number of Topliss-reactive ketones (excluding diaryl/α,β-unsaturated/α-hetero) is 1. The first-order valence-corrected chi connectivity index (χ1v) is 17.9. The topological polar surface area (TPSA) is 202 Å². The summed E-state index contributed by atoms with van der Waals surface area (Å²) in [5.41, 5.74) is -1.15. The van der Waals surface area contributed by atoms with Crippen molar-refractivity contribution >= 4 is 41.4 Å². The number of carbonyl (C=O) groups excluding carboxylic acids is 7. The maximum atomic E-state index is 14.3. The van der Waals surface area contributed by atoms with Gasteiger partial charge >= 0.3 is 6.09 Å². The summed E-state index contributed by atoms with van der Waals surface area (Å²) in [6, 6.07) is 3.67. The van der Waals surface area contributed by atoms with Crippen LogP contribution in [0, 0.1) is 5.41 Å². The zero-order valence-electron chi connectivity index (χ0n) is 32.9. The Labute approximate surface area is 317 Å². The first-order valence-electron chi connectivity index (χ1n) is 17.9. The Kier molecular flexibility index (Phi) is 14.2. The number of likely N-dealkylation sites (tertiary alicyclic amines) is 1. The van der Waals surface area contributed by atoms with E-state index in [4.69, 9.17) is 14.2 Å². The molecule has 16 nitrogen and oxygen atoms in total. The normalized spacial score (nSPS) is 20.7. The molecule has 1 aromatic rings. The summed E-state index contributed by atoms with van der Waals surface area (Å²) in [7, 11) is 3.08. The van der Waals surface area contributed by atoms with Gasteiger partial charge in [0.2, 0.25) is 29.4 Å². The average molecular weight is 757 g/mol. The largest absolute Gasteiger partial charge is 0.444 e. The molecule has 0 saturated carbocycles. The fourth-order valence-electron chi connectivity index (χ4n) is 6.13. The lowest BCUT2D eigenvalue weighted by Crippen LogP contribution is -2.61. The molecule has 0 bridgehead atoms. The predicted octanol–water partition coefficient (Wildman–Crippen LogP) is 1.74. The molecule has 6 atom stereocenters. The molecule has 0 aromatic heterocycles. The summed E-state index contributed by atoms with van der Waals surface area (Å²) in [6.45, 7) is 16.6. The van der Waals surface area contributed by atoms with Gasteiger partial charge in [0, 0.05) is 14.1 Å². The molecule has 0 aliphatic carbocycles. The van der Waals surface area contributed by atoms with E-state index in [-0.39, 0.29) is 19.4 Å². The van der Waals surface area contributed by atoms with E-state index in [1.54, 1.807) is 99.8 Å². The Morgan fingerprint density at radius 2 is 1.61 bits per heavy atom. The molecule has 2 fully saturated rings. The van der Waals surface area contributed by atoms with Gasteiger partial charge in [-0.25, -0.2) is 4.79 Å². The second kappa shape index (κ2) is 17.5. The number of allylic oxidation sites excluding steroid dienone is 1. The van der Waals surface area contributed by atoms with E-state index >= 15 is 0 Å². The van der Waals surface area contributed by atoms with Crippen LogP contribution in [0.2, 0.25) is 0 Å². The molecule has 6 amide bonds. The van der Waals surface area contributed by atoms with E-state index in [0.717, 1.165) is 0 Å². The van der Waals surface area contributed by atoms with Crippen LogP contribution in [0.25, 0.3) is 0 Å². The molecule has 0 radical (unpaired) electrons. The van der Waals surface area contributed by atoms with Crippen molar-refractivity contribution in [2.24, 2.45) is 5.41 Å². The number of likely N-dealkylation sites (N-methyl/N-ethyl adjacent to an activating group) is 1. The summed E-state index contributed by atoms with van der Waals surface area (Å²) >= 11 is 0. The minimum atomic E-state index is -1.38. The molecule has 0 spiro atoms. The average Bonchev–Trinajstić information content (AvgIpc) is 3.56. The van der Waals surface area contributed by atoms with Crippen molar-refractivity contribution in [2.45, 2.75) is 116 Å². The second-order valence-corrected chi connectivity index (χ2v) is 16.1. The third kappa shape index (κ3) is 11.6. The maximum absolute atomic E-state index is 14.3. The van der Waals surface area contributed by atoms with Crippen LogP contribution in [0.4, 0.5) is 4.79 Å². The highest BCUT2D eigenvalue weighted by molar-refractivity contribution is 6.38. The fraction of sp³-hybridized carbons (Fsp3) is 0.605. The third-order valence-corrected chi connectivity index (χ3v) is 8.62. The summed E-state index contributed by atoms with van der Waals surface area (Å²) in [5.74, 6) is -5.81. The lowest BCUT2D eigenvalue weighted by molar-refractivity contribution is -0.171. The van der Waals surface area contributed by atoms with Crippen molar-refractivity contribution in [3.8, 4) is 0 Å². The van der Waals surface area contributed by atoms with Gasteiger partial charge in [-0.2, -0.15) is 0 Å². The predicted molar refractivity (Wildman–Crippen MR) is 197 cm³/mol. The van der Waals surface area contributed by atoms with Crippen molar-refractivity contribution in [1.82, 2.24) is 31.1 Å². The van der Waals surface area contributed by atoms with Crippen LogP contribution in [0.15, 0.2) is 43.0 Å². The number of hydrogen-bond donors (Lipinski definition) is 4. The lowest BCUT2D eigenvalue weighted by Gasteiger charge is -2.37. The van der Waals surface area contributed by atoms with Gasteiger partial charge in [-0.15, -0.1) is 6.58 Å². The number of rotatable bonds is 14. The number of nitrogens with zero attached hydrogens (tertiary/aromatic N) is 2. The third-order valence-electron chi connectivity index (χ3n) is 8.62. The molecule has 4 N–H and O–H groups in total. The number of alkyl carbamates (subject to hydrolysis) is 1. The number of carbonyl (C=O) groups is 7. The van der Waals surface area contributed by atoms with Crippen LogP contribution in [0.3, 0.4) is 0 Å². The van der Waals surface area contributed by atoms with Crippen LogP contribution in [0.1, 0.15) is 79.8 Å². The summed E-state index contributed by atoms with van der Waals surface area (Å²) in [4.78, 5) is 96.2. The molecular formula is C38H56N6O10. The number of fused-ring (bicyclic) bond motifs is 1. The fourth-order valence-corrected chi connectivity index (χ4v) is 6.13. The Morgan fingerprint density at radius 3 is 2.17 bits per heavy atom. The first-order chi connectivity index (χ1) is 25.0. The van der Waals surface area contributed by atoms with Crippen molar-refractivity contribution in [3.05, 3.63) is 48.6 Å². The quantitative estimate of drug-likeness (QED) is 0.160. The van der Waals surface area contributed by atoms with Gasteiger partial charge < -0.3 is 45.3 Å². The van der Waals surface area contributed by atoms with Crippen LogP contribution < -0.4 is 21.3 Å². The SMILES string of the molecule is C=CCCC(NC(=O)[C@@H]1[C@H]2OC(C)(C)O[C@H]2CN1C(=O)[C@@H](NC(=O)OC(C)(C)C)C(C)(C)C)C(=O)C(=O)NCC(=O)N[C@H](C(=O)N(C)C)c1ccccc1. The van der Waals surface area contributed by atoms with E-state index in [9.17, 15) is 33.6 Å². The van der Waals surface area contributed by atoms with Gasteiger partial charge in [0.05, 0.1) is 19.1 Å². The summed E-state index contributed by atoms with van der Waals surface area (Å²) in [5, 5.41) is 10.2. The molecule has 1 aromatic carbocycles. The van der Waals surface area contributed by atoms with E-state index in [1.165, 1.54) is 15.9 Å². The monoisotopic (exact) mass is 756 g/mol. The Morgan fingerprint density at radius 1 is 0.981 bits per heavy atom. The minimum absolute atomic E-state index is 0.0243. The Hall–Kier alpha value is -4.83. The molecule has 2 aliphatic heterocycles. The molecule has 54 heavy (non-hydrogen) atoms. The molecule has 3 rings (SSSR count). The Balaban J connectivity index is 1.81. The van der Waals surface area contributed by atoms with E-state index in [1.807, 2.05) is 0 Å². The summed E-state index contributed by atoms with van der Waals surface area (Å²) in [6.07, 6.45) is -0.764. The number of benzene rings is 1. The van der Waals surface area contributed by atoms with Crippen LogP contribution in [0.5, 0.6) is 0 Å². The second-order valence-electron chi connectivity index (χ2n) is 16.1. The Bertz CT molecular complexity index is 1580. The smallest absolute Gasteiger partial charge is 0.408 e. The number of nitrogens with one attached hydrogen (secondary N) is 4. The molecule has 298 valence electrons. The zero-order chi connectivity index (χ0) is 40.8. The van der Waals surface area contributed by atoms with Crippen molar-refractivity contribution in [1.29, 1.82) is 0 Å². The lowest BCUT2D eigenvalue weighted by atomic mass is 9.85. The summed E-state index contributed by atoms with van der Waals surface area (Å²) < 4.78 is 17.5. The van der Waals surface area contributed by atoms with Crippen LogP contribution >= 0.6 is 0 Å². The first kappa shape index (κ1) is 43.6. The van der Waals surface area contributed by atoms with E-state index < -0.39 is 101 Å². The van der Waals surface area contributed by atoms with Gasteiger partial charge in [-0.1, -0.05) is 57.2 Å². The molecule has 16 heteroatoms. The van der Waals surface area contributed by atoms with E-state index in [0.29, 0.717) is 5.56 Å². The number of ketones is 1. The zero-order valence-corrected chi connectivity index (χ0v) is 32.9. The van der Waals surface area contributed by atoms with Crippen molar-refractivity contribution in [2.75, 3.05) is 27.2 Å². The van der Waals surface area contributed by atoms with Gasteiger partial charge in [-0.3, -0.25) is 28.8 Å². The van der Waals surface area contributed by atoms with Gasteiger partial charge in [0.15, 0.2) is 5.79 Å². The van der Waals surface area contributed by atoms with Gasteiger partial charge in [0.25, 0.3) is 5.91 Å². The molecule has 2 heterocycles.